The number of nitrogens with zero attached hydrogens (tertiary/aromatic N) is 3. The number of hydrogen-bond donors (Lipinski definition) is 2. The first-order valence-corrected chi connectivity index (χ1v) is 7.63. The van der Waals surface area contributed by atoms with E-state index < -0.39 is 0 Å². The molecule has 1 aromatic heterocycles. The third kappa shape index (κ3) is 4.01. The predicted molar refractivity (Wildman–Crippen MR) is 82.9 cm³/mol. The molecule has 6 nitrogen and oxygen atoms in total. The SMILES string of the molecule is C1CN(N2CCNCC2)CCN1.c1ccc2ocnc2c1. The Hall–Kier alpha value is -1.47. The standard InChI is InChI=1S/C8H18N4.C7H5NO/c1-5-11(6-2-9-1)12-7-3-10-4-8-12;1-2-4-7-6(3-1)8-5-9-7/h9-10H,1-8H2;1-5H. The van der Waals surface area contributed by atoms with Crippen LogP contribution in [-0.2, 0) is 0 Å². The van der Waals surface area contributed by atoms with Crippen molar-refractivity contribution in [2.45, 2.75) is 0 Å². The van der Waals surface area contributed by atoms with Crippen molar-refractivity contribution in [1.82, 2.24) is 25.6 Å². The second kappa shape index (κ2) is 7.51. The molecule has 2 N–H and O–H groups in total. The van der Waals surface area contributed by atoms with Gasteiger partial charge < -0.3 is 15.1 Å². The summed E-state index contributed by atoms with van der Waals surface area (Å²) in [5.41, 5.74) is 1.76. The van der Waals surface area contributed by atoms with Gasteiger partial charge in [0.1, 0.15) is 5.52 Å². The van der Waals surface area contributed by atoms with E-state index >= 15 is 0 Å². The fourth-order valence-electron chi connectivity index (χ4n) is 2.68. The van der Waals surface area contributed by atoms with Crippen LogP contribution in [0.5, 0.6) is 0 Å². The number of hydrogen-bond acceptors (Lipinski definition) is 6. The topological polar surface area (TPSA) is 56.6 Å². The number of para-hydroxylation sites is 2. The van der Waals surface area contributed by atoms with Crippen molar-refractivity contribution >= 4 is 11.1 Å². The minimum Gasteiger partial charge on any atom is -0.443 e. The molecule has 1 aromatic carbocycles. The van der Waals surface area contributed by atoms with Gasteiger partial charge in [-0.25, -0.2) is 15.0 Å². The normalized spacial score (nSPS) is 21.0. The number of aromatic nitrogens is 1. The van der Waals surface area contributed by atoms with E-state index in [1.54, 1.807) is 0 Å². The molecule has 3 heterocycles. The first-order chi connectivity index (χ1) is 10.4. The van der Waals surface area contributed by atoms with Gasteiger partial charge in [-0.2, -0.15) is 0 Å². The summed E-state index contributed by atoms with van der Waals surface area (Å²) in [7, 11) is 0. The van der Waals surface area contributed by atoms with E-state index in [4.69, 9.17) is 4.42 Å². The van der Waals surface area contributed by atoms with Crippen LogP contribution in [-0.4, -0.2) is 67.4 Å². The van der Waals surface area contributed by atoms with Crippen LogP contribution in [0, 0.1) is 0 Å². The molecular formula is C15H23N5O. The highest BCUT2D eigenvalue weighted by molar-refractivity contribution is 5.71. The summed E-state index contributed by atoms with van der Waals surface area (Å²) >= 11 is 0. The maximum Gasteiger partial charge on any atom is 0.181 e. The molecule has 0 amide bonds. The fourth-order valence-corrected chi connectivity index (χ4v) is 2.68. The lowest BCUT2D eigenvalue weighted by molar-refractivity contribution is -0.0417. The molecule has 0 unspecified atom stereocenters. The summed E-state index contributed by atoms with van der Waals surface area (Å²) in [5, 5.41) is 11.7. The molecule has 2 aliphatic rings. The van der Waals surface area contributed by atoms with Crippen LogP contribution in [0.1, 0.15) is 0 Å². The highest BCUT2D eigenvalue weighted by Crippen LogP contribution is 2.09. The van der Waals surface area contributed by atoms with E-state index in [-0.39, 0.29) is 0 Å². The zero-order valence-corrected chi connectivity index (χ0v) is 12.3. The van der Waals surface area contributed by atoms with E-state index in [1.807, 2.05) is 24.3 Å². The van der Waals surface area contributed by atoms with Gasteiger partial charge in [-0.05, 0) is 12.1 Å². The Bertz CT molecular complexity index is 485. The van der Waals surface area contributed by atoms with Crippen LogP contribution < -0.4 is 10.6 Å². The van der Waals surface area contributed by atoms with Crippen molar-refractivity contribution in [3.8, 4) is 0 Å². The zero-order chi connectivity index (χ0) is 14.3. The molecule has 0 bridgehead atoms. The van der Waals surface area contributed by atoms with Gasteiger partial charge in [0.15, 0.2) is 12.0 Å². The van der Waals surface area contributed by atoms with E-state index in [0.717, 1.165) is 37.3 Å². The molecule has 0 atom stereocenters. The van der Waals surface area contributed by atoms with E-state index in [2.05, 4.69) is 25.6 Å². The predicted octanol–water partition coefficient (Wildman–Crippen LogP) is 0.540. The van der Waals surface area contributed by atoms with Crippen molar-refractivity contribution < 1.29 is 4.42 Å². The van der Waals surface area contributed by atoms with Gasteiger partial charge in [0.05, 0.1) is 0 Å². The Morgan fingerprint density at radius 3 is 2.00 bits per heavy atom. The van der Waals surface area contributed by atoms with Gasteiger partial charge in [0.25, 0.3) is 0 Å². The molecule has 21 heavy (non-hydrogen) atoms. The summed E-state index contributed by atoms with van der Waals surface area (Å²) in [4.78, 5) is 3.95. The second-order valence-corrected chi connectivity index (χ2v) is 5.23. The number of fused-ring (bicyclic) bond motifs is 1. The van der Waals surface area contributed by atoms with Crippen LogP contribution in [0.3, 0.4) is 0 Å². The lowest BCUT2D eigenvalue weighted by Crippen LogP contribution is -2.57. The number of benzene rings is 1. The van der Waals surface area contributed by atoms with Crippen molar-refractivity contribution in [2.75, 3.05) is 52.4 Å². The van der Waals surface area contributed by atoms with Gasteiger partial charge in [0.2, 0.25) is 0 Å². The van der Waals surface area contributed by atoms with Crippen molar-refractivity contribution in [3.63, 3.8) is 0 Å². The summed E-state index contributed by atoms with van der Waals surface area (Å²) in [6, 6.07) is 7.67. The third-order valence-corrected chi connectivity index (χ3v) is 3.82. The summed E-state index contributed by atoms with van der Waals surface area (Å²) in [6.45, 7) is 9.29. The van der Waals surface area contributed by atoms with Crippen molar-refractivity contribution in [3.05, 3.63) is 30.7 Å². The zero-order valence-electron chi connectivity index (χ0n) is 12.3. The molecule has 6 heteroatoms. The van der Waals surface area contributed by atoms with Crippen molar-refractivity contribution in [1.29, 1.82) is 0 Å². The van der Waals surface area contributed by atoms with Crippen LogP contribution >= 0.6 is 0 Å². The van der Waals surface area contributed by atoms with Gasteiger partial charge in [-0.3, -0.25) is 0 Å². The maximum atomic E-state index is 5.01. The number of rotatable bonds is 1. The Balaban J connectivity index is 0.000000131. The first kappa shape index (κ1) is 14.5. The quantitative estimate of drug-likeness (QED) is 0.799. The Labute approximate surface area is 125 Å². The number of piperazine rings is 2. The molecular weight excluding hydrogens is 266 g/mol. The van der Waals surface area contributed by atoms with E-state index in [9.17, 15) is 0 Å². The van der Waals surface area contributed by atoms with Crippen molar-refractivity contribution in [2.24, 2.45) is 0 Å². The molecule has 0 spiro atoms. The lowest BCUT2D eigenvalue weighted by atomic mass is 10.3. The van der Waals surface area contributed by atoms with Gasteiger partial charge in [0, 0.05) is 52.4 Å². The summed E-state index contributed by atoms with van der Waals surface area (Å²) < 4.78 is 5.01. The number of nitrogens with one attached hydrogen (secondary N) is 2. The lowest BCUT2D eigenvalue weighted by Gasteiger charge is -2.39. The largest absolute Gasteiger partial charge is 0.443 e. The second-order valence-electron chi connectivity index (χ2n) is 5.23. The van der Waals surface area contributed by atoms with E-state index in [0.29, 0.717) is 0 Å². The van der Waals surface area contributed by atoms with Gasteiger partial charge in [-0.1, -0.05) is 12.1 Å². The van der Waals surface area contributed by atoms with Gasteiger partial charge >= 0.3 is 0 Å². The fraction of sp³-hybridized carbons (Fsp3) is 0.533. The molecule has 114 valence electrons. The molecule has 0 aliphatic carbocycles. The molecule has 2 saturated heterocycles. The third-order valence-electron chi connectivity index (χ3n) is 3.82. The highest BCUT2D eigenvalue weighted by atomic mass is 16.3. The maximum absolute atomic E-state index is 5.01. The summed E-state index contributed by atoms with van der Waals surface area (Å²) in [6.07, 6.45) is 1.45. The molecule has 4 rings (SSSR count). The Kier molecular flexibility index (Phi) is 5.18. The first-order valence-electron chi connectivity index (χ1n) is 7.63. The average molecular weight is 289 g/mol. The molecule has 2 fully saturated rings. The van der Waals surface area contributed by atoms with Crippen LogP contribution in [0.15, 0.2) is 35.1 Å². The molecule has 0 saturated carbocycles. The number of oxazole rings is 1. The smallest absolute Gasteiger partial charge is 0.181 e. The minimum absolute atomic E-state index is 0.845. The Morgan fingerprint density at radius 1 is 0.857 bits per heavy atom. The monoisotopic (exact) mass is 289 g/mol. The summed E-state index contributed by atoms with van der Waals surface area (Å²) in [5.74, 6) is 0. The van der Waals surface area contributed by atoms with Crippen LogP contribution in [0.4, 0.5) is 0 Å². The number of hydrazine groups is 1. The molecule has 2 aliphatic heterocycles. The van der Waals surface area contributed by atoms with Gasteiger partial charge in [-0.15, -0.1) is 0 Å². The van der Waals surface area contributed by atoms with E-state index in [1.165, 1.54) is 32.6 Å². The molecule has 0 radical (unpaired) electrons. The molecule has 2 aromatic rings. The van der Waals surface area contributed by atoms with Crippen LogP contribution in [0.2, 0.25) is 0 Å². The van der Waals surface area contributed by atoms with Crippen LogP contribution in [0.25, 0.3) is 11.1 Å². The highest BCUT2D eigenvalue weighted by Gasteiger charge is 2.18. The Morgan fingerprint density at radius 2 is 1.43 bits per heavy atom. The average Bonchev–Trinajstić information content (AvgIpc) is 3.06. The minimum atomic E-state index is 0.845.